The standard InChI is InChI=1S/C20H27FN2O3/c1-26-13-8-18(24)23-11-6-17(7-12-23)22-19(25)20(9-10-20)14-15-2-4-16(21)5-3-15/h2-5,17H,6-14H2,1H3,(H,22,25). The number of rotatable bonds is 7. The van der Waals surface area contributed by atoms with E-state index in [1.54, 1.807) is 19.2 Å². The lowest BCUT2D eigenvalue weighted by Crippen LogP contribution is -2.48. The van der Waals surface area contributed by atoms with Gasteiger partial charge >= 0.3 is 0 Å². The van der Waals surface area contributed by atoms with Crippen LogP contribution >= 0.6 is 0 Å². The third-order valence-corrected chi connectivity index (χ3v) is 5.49. The summed E-state index contributed by atoms with van der Waals surface area (Å²) in [5.74, 6) is -0.0348. The molecule has 1 saturated carbocycles. The van der Waals surface area contributed by atoms with Crippen LogP contribution in [0.1, 0.15) is 37.7 Å². The largest absolute Gasteiger partial charge is 0.384 e. The zero-order chi connectivity index (χ0) is 18.6. The number of benzene rings is 1. The minimum Gasteiger partial charge on any atom is -0.384 e. The van der Waals surface area contributed by atoms with E-state index >= 15 is 0 Å². The van der Waals surface area contributed by atoms with Crippen molar-refractivity contribution in [2.75, 3.05) is 26.8 Å². The zero-order valence-electron chi connectivity index (χ0n) is 15.3. The van der Waals surface area contributed by atoms with Crippen LogP contribution in [0.5, 0.6) is 0 Å². The molecule has 2 aliphatic rings. The molecular weight excluding hydrogens is 335 g/mol. The summed E-state index contributed by atoms with van der Waals surface area (Å²) in [6.07, 6.45) is 4.41. The van der Waals surface area contributed by atoms with E-state index in [-0.39, 0.29) is 29.1 Å². The number of hydrogen-bond donors (Lipinski definition) is 1. The molecule has 1 aromatic rings. The number of ether oxygens (including phenoxy) is 1. The maximum atomic E-state index is 13.0. The van der Waals surface area contributed by atoms with E-state index in [9.17, 15) is 14.0 Å². The molecule has 1 aliphatic carbocycles. The number of methoxy groups -OCH3 is 1. The van der Waals surface area contributed by atoms with Crippen LogP contribution in [0.15, 0.2) is 24.3 Å². The molecule has 1 heterocycles. The summed E-state index contributed by atoms with van der Waals surface area (Å²) in [4.78, 5) is 26.6. The van der Waals surface area contributed by atoms with E-state index in [2.05, 4.69) is 5.32 Å². The first-order valence-electron chi connectivity index (χ1n) is 9.34. The first-order valence-corrected chi connectivity index (χ1v) is 9.34. The van der Waals surface area contributed by atoms with Crippen LogP contribution in [0.4, 0.5) is 4.39 Å². The Hall–Kier alpha value is -1.95. The van der Waals surface area contributed by atoms with Crippen LogP contribution in [0.2, 0.25) is 0 Å². The van der Waals surface area contributed by atoms with Gasteiger partial charge in [0.1, 0.15) is 5.82 Å². The fraction of sp³-hybridized carbons (Fsp3) is 0.600. The molecule has 1 N–H and O–H groups in total. The van der Waals surface area contributed by atoms with Crippen LogP contribution < -0.4 is 5.32 Å². The zero-order valence-corrected chi connectivity index (χ0v) is 15.3. The molecule has 0 atom stereocenters. The summed E-state index contributed by atoms with van der Waals surface area (Å²) in [6, 6.07) is 6.53. The van der Waals surface area contributed by atoms with Crippen molar-refractivity contribution >= 4 is 11.8 Å². The van der Waals surface area contributed by atoms with Crippen LogP contribution in [0.25, 0.3) is 0 Å². The smallest absolute Gasteiger partial charge is 0.226 e. The summed E-state index contributed by atoms with van der Waals surface area (Å²) in [6.45, 7) is 1.80. The number of carbonyl (C=O) groups is 2. The normalized spacial score (nSPS) is 19.2. The predicted octanol–water partition coefficient (Wildman–Crippen LogP) is 2.29. The first kappa shape index (κ1) is 18.8. The van der Waals surface area contributed by atoms with Gasteiger partial charge in [-0.25, -0.2) is 4.39 Å². The lowest BCUT2D eigenvalue weighted by molar-refractivity contribution is -0.133. The van der Waals surface area contributed by atoms with Gasteiger partial charge in [0, 0.05) is 26.2 Å². The summed E-state index contributed by atoms with van der Waals surface area (Å²) in [5, 5.41) is 3.18. The number of nitrogens with one attached hydrogen (secondary N) is 1. The summed E-state index contributed by atoms with van der Waals surface area (Å²) in [5.41, 5.74) is 0.668. The Balaban J connectivity index is 1.47. The highest BCUT2D eigenvalue weighted by molar-refractivity contribution is 5.86. The van der Waals surface area contributed by atoms with Crippen molar-refractivity contribution in [3.8, 4) is 0 Å². The highest BCUT2D eigenvalue weighted by Gasteiger charge is 2.50. The Labute approximate surface area is 153 Å². The average molecular weight is 362 g/mol. The number of carbonyl (C=O) groups excluding carboxylic acids is 2. The molecule has 1 aliphatic heterocycles. The second-order valence-electron chi connectivity index (χ2n) is 7.45. The monoisotopic (exact) mass is 362 g/mol. The maximum absolute atomic E-state index is 13.0. The summed E-state index contributed by atoms with van der Waals surface area (Å²) in [7, 11) is 1.59. The predicted molar refractivity (Wildman–Crippen MR) is 96.0 cm³/mol. The van der Waals surface area contributed by atoms with Crippen molar-refractivity contribution in [3.63, 3.8) is 0 Å². The van der Waals surface area contributed by atoms with E-state index in [0.717, 1.165) is 31.2 Å². The van der Waals surface area contributed by atoms with Crippen molar-refractivity contribution in [1.82, 2.24) is 10.2 Å². The van der Waals surface area contributed by atoms with Crippen LogP contribution in [0, 0.1) is 11.2 Å². The van der Waals surface area contributed by atoms with Gasteiger partial charge in [0.25, 0.3) is 0 Å². The molecule has 2 fully saturated rings. The molecule has 6 heteroatoms. The average Bonchev–Trinajstić information content (AvgIpc) is 3.43. The lowest BCUT2D eigenvalue weighted by Gasteiger charge is -2.33. The highest BCUT2D eigenvalue weighted by atomic mass is 19.1. The molecule has 0 bridgehead atoms. The molecule has 1 saturated heterocycles. The van der Waals surface area contributed by atoms with Gasteiger partial charge in [0.2, 0.25) is 11.8 Å². The van der Waals surface area contributed by atoms with Gasteiger partial charge in [-0.15, -0.1) is 0 Å². The van der Waals surface area contributed by atoms with Crippen LogP contribution in [-0.4, -0.2) is 49.6 Å². The van der Waals surface area contributed by atoms with Crippen LogP contribution in [-0.2, 0) is 20.7 Å². The maximum Gasteiger partial charge on any atom is 0.226 e. The summed E-state index contributed by atoms with van der Waals surface area (Å²) >= 11 is 0. The number of hydrogen-bond acceptors (Lipinski definition) is 3. The number of amides is 2. The highest BCUT2D eigenvalue weighted by Crippen LogP contribution is 2.48. The first-order chi connectivity index (χ1) is 12.5. The second kappa shape index (κ2) is 8.16. The minimum absolute atomic E-state index is 0.103. The van der Waals surface area contributed by atoms with E-state index in [1.165, 1.54) is 12.1 Å². The van der Waals surface area contributed by atoms with Gasteiger partial charge in [-0.1, -0.05) is 12.1 Å². The van der Waals surface area contributed by atoms with E-state index in [4.69, 9.17) is 4.74 Å². The van der Waals surface area contributed by atoms with Crippen molar-refractivity contribution in [3.05, 3.63) is 35.6 Å². The van der Waals surface area contributed by atoms with Gasteiger partial charge in [0.05, 0.1) is 18.4 Å². The molecule has 1 aromatic carbocycles. The molecule has 0 aromatic heterocycles. The van der Waals surface area contributed by atoms with Gasteiger partial charge in [-0.05, 0) is 49.8 Å². The Morgan fingerprint density at radius 1 is 1.23 bits per heavy atom. The van der Waals surface area contributed by atoms with Crippen LogP contribution in [0.3, 0.4) is 0 Å². The second-order valence-corrected chi connectivity index (χ2v) is 7.45. The summed E-state index contributed by atoms with van der Waals surface area (Å²) < 4.78 is 18.0. The van der Waals surface area contributed by atoms with Crippen molar-refractivity contribution < 1.29 is 18.7 Å². The topological polar surface area (TPSA) is 58.6 Å². The van der Waals surface area contributed by atoms with E-state index in [1.807, 2.05) is 4.90 Å². The Morgan fingerprint density at radius 3 is 2.46 bits per heavy atom. The van der Waals surface area contributed by atoms with E-state index in [0.29, 0.717) is 32.5 Å². The number of piperidine rings is 1. The lowest BCUT2D eigenvalue weighted by atomic mass is 9.94. The molecule has 2 amide bonds. The Morgan fingerprint density at radius 2 is 1.88 bits per heavy atom. The molecule has 5 nitrogen and oxygen atoms in total. The quantitative estimate of drug-likeness (QED) is 0.810. The SMILES string of the molecule is COCCC(=O)N1CCC(NC(=O)C2(Cc3ccc(F)cc3)CC2)CC1. The van der Waals surface area contributed by atoms with Crippen molar-refractivity contribution in [2.24, 2.45) is 5.41 Å². The minimum atomic E-state index is -0.330. The van der Waals surface area contributed by atoms with E-state index < -0.39 is 0 Å². The number of halogens is 1. The fourth-order valence-electron chi connectivity index (χ4n) is 3.59. The number of nitrogens with zero attached hydrogens (tertiary/aromatic N) is 1. The molecule has 142 valence electrons. The molecule has 3 rings (SSSR count). The van der Waals surface area contributed by atoms with Crippen molar-refractivity contribution in [1.29, 1.82) is 0 Å². The molecule has 0 radical (unpaired) electrons. The molecule has 0 unspecified atom stereocenters. The van der Waals surface area contributed by atoms with Gasteiger partial charge in [-0.2, -0.15) is 0 Å². The third-order valence-electron chi connectivity index (χ3n) is 5.49. The van der Waals surface area contributed by atoms with Gasteiger partial charge < -0.3 is 15.0 Å². The molecule has 26 heavy (non-hydrogen) atoms. The Kier molecular flexibility index (Phi) is 5.91. The molecule has 0 spiro atoms. The molecular formula is C20H27FN2O3. The van der Waals surface area contributed by atoms with Gasteiger partial charge in [-0.3, -0.25) is 9.59 Å². The Bertz CT molecular complexity index is 635. The number of likely N-dealkylation sites (tertiary alicyclic amines) is 1. The van der Waals surface area contributed by atoms with Gasteiger partial charge in [0.15, 0.2) is 0 Å². The fourth-order valence-corrected chi connectivity index (χ4v) is 3.59. The third kappa shape index (κ3) is 4.61. The van der Waals surface area contributed by atoms with Crippen molar-refractivity contribution in [2.45, 2.75) is 44.6 Å².